The number of ketones is 2. The number of nitrogens with zero attached hydrogens (tertiary/aromatic N) is 11. The second-order valence-electron chi connectivity index (χ2n) is 38.0. The first-order valence-electron chi connectivity index (χ1n) is 49.1. The highest BCUT2D eigenvalue weighted by molar-refractivity contribution is 7.06. The van der Waals surface area contributed by atoms with E-state index in [0.717, 1.165) is 100 Å². The molecular weight excluding hydrogens is 2110 g/mol. The fourth-order valence-electron chi connectivity index (χ4n) is 17.8. The molecule has 7 aromatic heterocycles. The molecule has 2 unspecified atom stereocenters. The van der Waals surface area contributed by atoms with Gasteiger partial charge in [0.05, 0.1) is 39.9 Å². The van der Waals surface area contributed by atoms with Crippen LogP contribution < -0.4 is 0 Å². The number of unbranched alkanes of at least 4 members (excludes halogenated alkanes) is 1. The zero-order chi connectivity index (χ0) is 103. The zero-order valence-electron chi connectivity index (χ0n) is 81.1. The summed E-state index contributed by atoms with van der Waals surface area (Å²) in [6, 6.07) is 50.3. The number of hydrogen-bond donors (Lipinski definition) is 1. The highest BCUT2D eigenvalue weighted by atomic mass is 35.5. The number of nitrogens with one attached hydrogen (secondary N) is 1. The third-order valence-corrected chi connectivity index (χ3v) is 33.5. The van der Waals surface area contributed by atoms with Gasteiger partial charge in [-0.25, -0.2) is 30.7 Å². The van der Waals surface area contributed by atoms with Crippen LogP contribution in [0.15, 0.2) is 188 Å². The normalized spacial score (nSPS) is 14.5. The standard InChI is InChI=1S/C20H18ClFN2S.C18H22ClFN2S.C16H18ClFN2S.2C15H16ClFN2S.C14H12Cl2FNO.C13H11ClFNO/c21-16-7-4-8-17(22)19(16)15(13-5-2-1-3-6-13)11-12-18-20(14-9-10-14)23-24-25-18;1-2-3-5-12(17-14(19)6-4-7-15(17)20)10-11-16-18(13-8-9-13)21-22-23-16;1-16(2,14-11(17)4-3-5-12(14)18)9-8-13-15(10-6-7-10)19-20-21-13;2*1-9(14-11(16)3-2-4-12(14)17)5-8-13-15(10-6-7-10)18-19-20-13;1-18-12(6-8-14(18)16)13(19)7-5-9-10(15)3-2-4-11(9)17;14-10-3-1-4-11(15)9(10)6-7-13(17)12-5-2-8-16-12/h1-8,14-15H,9-12H2;4,6-7,12-13H,2-3,5,8-11H2,1H3;3-5,10H,6-9H2,1-2H3;2*2-4,9-10H,5-8H2,1H3;2-4,6,8H,5,7H2,1H3;1-5,8,16H,6-7H2/t;;;2*9-;;/m...10../s1. The number of rotatable bonds is 37. The molecule has 5 aliphatic rings. The number of aromatic amines is 1. The Bertz CT molecular complexity index is 6510. The second-order valence-corrected chi connectivity index (χ2v) is 45.4. The lowest BCUT2D eigenvalue weighted by atomic mass is 9.80. The van der Waals surface area contributed by atoms with Crippen molar-refractivity contribution in [1.82, 2.24) is 57.5 Å². The molecule has 764 valence electrons. The molecule has 145 heavy (non-hydrogen) atoms. The molecule has 20 rings (SSSR count). The van der Waals surface area contributed by atoms with Gasteiger partial charge in [-0.1, -0.05) is 236 Å². The van der Waals surface area contributed by atoms with E-state index < -0.39 is 0 Å². The van der Waals surface area contributed by atoms with Gasteiger partial charge in [0.1, 0.15) is 45.9 Å². The average Bonchev–Trinajstić information content (AvgIpc) is 1.78. The van der Waals surface area contributed by atoms with E-state index in [0.29, 0.717) is 127 Å². The predicted molar refractivity (Wildman–Crippen MR) is 578 cm³/mol. The fourth-order valence-corrected chi connectivity index (χ4v) is 23.9. The van der Waals surface area contributed by atoms with Crippen molar-refractivity contribution in [2.45, 2.75) is 267 Å². The summed E-state index contributed by atoms with van der Waals surface area (Å²) in [6.07, 6.45) is 26.8. The minimum atomic E-state index is -0.384. The molecule has 4 atom stereocenters. The molecule has 0 amide bonds. The molecule has 1 N–H and O–H groups in total. The van der Waals surface area contributed by atoms with Crippen LogP contribution in [0.2, 0.25) is 40.3 Å². The molecule has 0 spiro atoms. The lowest BCUT2D eigenvalue weighted by Gasteiger charge is -2.26. The molecule has 0 bridgehead atoms. The van der Waals surface area contributed by atoms with Crippen LogP contribution in [-0.4, -0.2) is 69.1 Å². The highest BCUT2D eigenvalue weighted by Gasteiger charge is 2.37. The lowest BCUT2D eigenvalue weighted by molar-refractivity contribution is 0.0968. The molecule has 0 saturated heterocycles. The number of benzene rings is 8. The van der Waals surface area contributed by atoms with Crippen LogP contribution in [0.25, 0.3) is 0 Å². The Kier molecular flexibility index (Phi) is 41.8. The van der Waals surface area contributed by atoms with Gasteiger partial charge in [-0.3, -0.25) is 9.59 Å². The Balaban J connectivity index is 0.000000134. The number of halogens is 15. The summed E-state index contributed by atoms with van der Waals surface area (Å²) < 4.78 is 120. The van der Waals surface area contributed by atoms with E-state index in [1.807, 2.05) is 58.0 Å². The van der Waals surface area contributed by atoms with Crippen molar-refractivity contribution in [1.29, 1.82) is 0 Å². The molecule has 0 aliphatic heterocycles. The van der Waals surface area contributed by atoms with E-state index in [4.69, 9.17) is 92.8 Å². The molecule has 5 aliphatic carbocycles. The molecule has 5 saturated carbocycles. The molecule has 7 heterocycles. The monoisotopic (exact) mass is 2220 g/mol. The summed E-state index contributed by atoms with van der Waals surface area (Å²) in [5.41, 5.74) is 11.6. The van der Waals surface area contributed by atoms with Gasteiger partial charge in [0.2, 0.25) is 0 Å². The largest absolute Gasteiger partial charge is 0.359 e. The molecule has 5 fully saturated rings. The first-order valence-corrected chi connectivity index (χ1v) is 56.0. The molecule has 14 nitrogen and oxygen atoms in total. The predicted octanol–water partition coefficient (Wildman–Crippen LogP) is 35.0. The second kappa shape index (κ2) is 54.1. The minimum Gasteiger partial charge on any atom is -0.359 e. The molecule has 8 aromatic carbocycles. The van der Waals surface area contributed by atoms with Gasteiger partial charge in [-0.05, 0) is 343 Å². The van der Waals surface area contributed by atoms with Gasteiger partial charge >= 0.3 is 0 Å². The number of hydrogen-bond acceptors (Lipinski definition) is 17. The van der Waals surface area contributed by atoms with Crippen molar-refractivity contribution in [3.63, 3.8) is 0 Å². The van der Waals surface area contributed by atoms with Crippen molar-refractivity contribution < 1.29 is 40.3 Å². The van der Waals surface area contributed by atoms with Crippen molar-refractivity contribution in [3.8, 4) is 0 Å². The maximum Gasteiger partial charge on any atom is 0.179 e. The van der Waals surface area contributed by atoms with Gasteiger partial charge in [0.25, 0.3) is 0 Å². The van der Waals surface area contributed by atoms with Gasteiger partial charge in [-0.15, -0.1) is 25.5 Å². The number of H-pyrrole nitrogens is 1. The van der Waals surface area contributed by atoms with E-state index in [2.05, 4.69) is 59.8 Å². The first kappa shape index (κ1) is 112. The average molecular weight is 2220 g/mol. The Morgan fingerprint density at radius 1 is 0.379 bits per heavy atom. The Hall–Kier alpha value is -8.71. The summed E-state index contributed by atoms with van der Waals surface area (Å²) in [5.74, 6) is 1.38. The van der Waals surface area contributed by atoms with Crippen LogP contribution in [0.3, 0.4) is 0 Å². The number of carbonyl (C=O) groups is 2. The van der Waals surface area contributed by atoms with Crippen molar-refractivity contribution in [2.24, 2.45) is 7.05 Å². The minimum absolute atomic E-state index is 0.0469. The number of aromatic nitrogens is 12. The first-order chi connectivity index (χ1) is 69.9. The smallest absolute Gasteiger partial charge is 0.179 e. The summed E-state index contributed by atoms with van der Waals surface area (Å²) in [7, 11) is 1.71. The highest BCUT2D eigenvalue weighted by Crippen LogP contribution is 2.49. The topological polar surface area (TPSA) is 184 Å². The van der Waals surface area contributed by atoms with Crippen LogP contribution in [0, 0.1) is 40.7 Å². The molecule has 34 heteroatoms. The maximum absolute atomic E-state index is 14.6. The van der Waals surface area contributed by atoms with E-state index in [1.54, 1.807) is 127 Å². The van der Waals surface area contributed by atoms with Crippen LogP contribution in [0.4, 0.5) is 30.7 Å². The summed E-state index contributed by atoms with van der Waals surface area (Å²) in [4.78, 5) is 32.8. The van der Waals surface area contributed by atoms with E-state index >= 15 is 0 Å². The van der Waals surface area contributed by atoms with E-state index in [-0.39, 0.29) is 101 Å². The fraction of sp³-hybridized carbons (Fsp3) is 0.387. The van der Waals surface area contributed by atoms with Crippen molar-refractivity contribution >= 4 is 162 Å². The quantitative estimate of drug-likeness (QED) is 0.0288. The molecule has 0 radical (unpaired) electrons. The lowest BCUT2D eigenvalue weighted by Crippen LogP contribution is -2.20. The van der Waals surface area contributed by atoms with Crippen molar-refractivity contribution in [2.75, 3.05) is 0 Å². The van der Waals surface area contributed by atoms with Gasteiger partial charge in [-0.2, -0.15) is 0 Å². The zero-order valence-corrected chi connectivity index (χ0v) is 91.3. The summed E-state index contributed by atoms with van der Waals surface area (Å²) in [6.45, 7) is 10.3. The van der Waals surface area contributed by atoms with Crippen LogP contribution in [0.1, 0.15) is 335 Å². The summed E-state index contributed by atoms with van der Waals surface area (Å²) >= 11 is 56.2. The maximum atomic E-state index is 14.6. The van der Waals surface area contributed by atoms with Crippen molar-refractivity contribution in [3.05, 3.63) is 378 Å². The van der Waals surface area contributed by atoms with Crippen LogP contribution >= 0.6 is 150 Å². The van der Waals surface area contributed by atoms with Crippen LogP contribution in [-0.2, 0) is 57.4 Å². The third-order valence-electron chi connectivity index (χ3n) is 26.8. The van der Waals surface area contributed by atoms with E-state index in [1.165, 1.54) is 206 Å². The number of aryl methyl sites for hydroxylation is 5. The Morgan fingerprint density at radius 3 is 1.10 bits per heavy atom. The number of Topliss-reactive ketones (excluding diaryl/α,β-unsaturated/α-hetero) is 2. The molecular formula is C111H113Cl8F7N12O2S5. The van der Waals surface area contributed by atoms with Gasteiger partial charge in [0, 0.05) is 160 Å². The Morgan fingerprint density at radius 2 is 0.738 bits per heavy atom. The Labute approximate surface area is 903 Å². The molecule has 15 aromatic rings. The SMILES string of the molecule is CC(C)(CCc1snnc1C1CC1)c1c(F)cccc1Cl.CCCCC(CCc1snnc1C1CC1)c1c(F)cccc1Cl.C[C@@H](CCc1snnc1C1CC1)c1c(F)cccc1Cl.C[C@H](CCc1snnc1C1CC1)c1c(F)cccc1Cl.Cn1c(Cl)ccc1C(=O)CCc1c(F)cccc1Cl.Fc1cccc(Cl)c1C(CCc1snnc1C1CC1)c1ccccc1.O=C(CCc1c(F)cccc1Cl)c1ccc[nH]1. The van der Waals surface area contributed by atoms with Gasteiger partial charge < -0.3 is 9.55 Å². The summed E-state index contributed by atoms with van der Waals surface area (Å²) in [5, 5.41) is 25.1. The van der Waals surface area contributed by atoms with Crippen LogP contribution in [0.5, 0.6) is 0 Å². The van der Waals surface area contributed by atoms with Gasteiger partial charge in [0.15, 0.2) is 11.6 Å². The number of carbonyl (C=O) groups excluding carboxylic acids is 2. The third kappa shape index (κ3) is 31.5. The van der Waals surface area contributed by atoms with E-state index in [9.17, 15) is 40.3 Å².